The van der Waals surface area contributed by atoms with E-state index >= 15 is 0 Å². The second-order valence-corrected chi connectivity index (χ2v) is 5.94. The van der Waals surface area contributed by atoms with E-state index in [0.717, 1.165) is 42.4 Å². The number of aromatic nitrogens is 1. The highest BCUT2D eigenvalue weighted by atomic mass is 32.1. The zero-order valence-electron chi connectivity index (χ0n) is 13.9. The average Bonchev–Trinajstić information content (AvgIpc) is 3.06. The number of hydrogen-bond donors (Lipinski definition) is 2. The van der Waals surface area contributed by atoms with E-state index < -0.39 is 0 Å². The third-order valence-electron chi connectivity index (χ3n) is 3.44. The lowest BCUT2D eigenvalue weighted by Gasteiger charge is -2.13. The third-order valence-corrected chi connectivity index (χ3v) is 4.48. The number of rotatable bonds is 7. The van der Waals surface area contributed by atoms with Crippen LogP contribution >= 0.6 is 11.3 Å². The molecule has 0 amide bonds. The smallest absolute Gasteiger partial charge is 0.191 e. The van der Waals surface area contributed by atoms with Gasteiger partial charge >= 0.3 is 0 Å². The Morgan fingerprint density at radius 2 is 2.13 bits per heavy atom. The van der Waals surface area contributed by atoms with Gasteiger partial charge in [0.05, 0.1) is 17.8 Å². The predicted molar refractivity (Wildman–Crippen MR) is 96.4 cm³/mol. The van der Waals surface area contributed by atoms with Gasteiger partial charge in [0.2, 0.25) is 0 Å². The summed E-state index contributed by atoms with van der Waals surface area (Å²) >= 11 is 1.73. The van der Waals surface area contributed by atoms with Gasteiger partial charge < -0.3 is 15.4 Å². The first-order valence-corrected chi connectivity index (χ1v) is 8.64. The first-order chi connectivity index (χ1) is 11.3. The largest absolute Gasteiger partial charge is 0.496 e. The van der Waals surface area contributed by atoms with Crippen LogP contribution in [0, 0.1) is 0 Å². The van der Waals surface area contributed by atoms with Crippen LogP contribution in [0.5, 0.6) is 5.75 Å². The number of nitrogens with zero attached hydrogens (tertiary/aromatic N) is 2. The molecule has 124 valence electrons. The van der Waals surface area contributed by atoms with Crippen molar-refractivity contribution >= 4 is 17.3 Å². The summed E-state index contributed by atoms with van der Waals surface area (Å²) in [5, 5.41) is 9.94. The number of benzene rings is 1. The van der Waals surface area contributed by atoms with E-state index in [1.54, 1.807) is 25.5 Å². The highest BCUT2D eigenvalue weighted by molar-refractivity contribution is 7.09. The number of nitrogens with one attached hydrogen (secondary N) is 2. The van der Waals surface area contributed by atoms with Gasteiger partial charge in [0.1, 0.15) is 5.75 Å². The zero-order valence-corrected chi connectivity index (χ0v) is 14.7. The van der Waals surface area contributed by atoms with E-state index in [4.69, 9.17) is 4.74 Å². The second-order valence-electron chi connectivity index (χ2n) is 5.00. The Labute approximate surface area is 141 Å². The molecule has 0 aliphatic rings. The molecule has 0 saturated carbocycles. The normalized spacial score (nSPS) is 11.3. The Morgan fingerprint density at radius 1 is 1.30 bits per heavy atom. The molecule has 0 aliphatic carbocycles. The van der Waals surface area contributed by atoms with Crippen LogP contribution in [0.3, 0.4) is 0 Å². The number of thiazole rings is 1. The summed E-state index contributed by atoms with van der Waals surface area (Å²) in [7, 11) is 3.46. The molecule has 0 saturated heterocycles. The van der Waals surface area contributed by atoms with E-state index in [-0.39, 0.29) is 0 Å². The monoisotopic (exact) mass is 332 g/mol. The van der Waals surface area contributed by atoms with Gasteiger partial charge in [-0.1, -0.05) is 25.1 Å². The van der Waals surface area contributed by atoms with Crippen LogP contribution in [0.25, 0.3) is 0 Å². The molecular weight excluding hydrogens is 308 g/mol. The SMILES string of the molecule is CCc1nc(CCNC(=NC)NCc2ccccc2OC)cs1. The van der Waals surface area contributed by atoms with Gasteiger partial charge in [-0.25, -0.2) is 4.98 Å². The van der Waals surface area contributed by atoms with Crippen LogP contribution in [0.1, 0.15) is 23.2 Å². The van der Waals surface area contributed by atoms with Crippen molar-refractivity contribution in [2.75, 3.05) is 20.7 Å². The van der Waals surface area contributed by atoms with Crippen molar-refractivity contribution in [2.24, 2.45) is 4.99 Å². The van der Waals surface area contributed by atoms with Crippen LogP contribution in [-0.2, 0) is 19.4 Å². The maximum Gasteiger partial charge on any atom is 0.191 e. The Kier molecular flexibility index (Phi) is 6.87. The summed E-state index contributed by atoms with van der Waals surface area (Å²) in [5.41, 5.74) is 2.24. The predicted octanol–water partition coefficient (Wildman–Crippen LogP) is 2.62. The summed E-state index contributed by atoms with van der Waals surface area (Å²) in [6.07, 6.45) is 1.89. The minimum atomic E-state index is 0.667. The zero-order chi connectivity index (χ0) is 16.5. The fourth-order valence-corrected chi connectivity index (χ4v) is 2.96. The summed E-state index contributed by atoms with van der Waals surface area (Å²) < 4.78 is 5.36. The summed E-state index contributed by atoms with van der Waals surface area (Å²) in [6, 6.07) is 7.97. The van der Waals surface area contributed by atoms with Gasteiger partial charge in [-0.2, -0.15) is 0 Å². The summed E-state index contributed by atoms with van der Waals surface area (Å²) in [4.78, 5) is 8.82. The Balaban J connectivity index is 1.79. The lowest BCUT2D eigenvalue weighted by atomic mass is 10.2. The number of aryl methyl sites for hydroxylation is 1. The van der Waals surface area contributed by atoms with Gasteiger partial charge in [-0.3, -0.25) is 4.99 Å². The van der Waals surface area contributed by atoms with Crippen LogP contribution < -0.4 is 15.4 Å². The van der Waals surface area contributed by atoms with E-state index in [1.165, 1.54) is 5.01 Å². The summed E-state index contributed by atoms with van der Waals surface area (Å²) in [5.74, 6) is 1.66. The minimum Gasteiger partial charge on any atom is -0.496 e. The number of guanidine groups is 1. The van der Waals surface area contributed by atoms with Crippen LogP contribution in [0.15, 0.2) is 34.6 Å². The molecule has 0 radical (unpaired) electrons. The molecule has 0 aliphatic heterocycles. The minimum absolute atomic E-state index is 0.667. The van der Waals surface area contributed by atoms with Crippen molar-refractivity contribution in [3.05, 3.63) is 45.9 Å². The number of aliphatic imine (C=N–C) groups is 1. The third kappa shape index (κ3) is 5.25. The van der Waals surface area contributed by atoms with E-state index in [0.29, 0.717) is 6.54 Å². The molecule has 1 aromatic carbocycles. The van der Waals surface area contributed by atoms with Crippen molar-refractivity contribution in [3.8, 4) is 5.75 Å². The fraction of sp³-hybridized carbons (Fsp3) is 0.412. The maximum atomic E-state index is 5.36. The molecule has 1 heterocycles. The fourth-order valence-electron chi connectivity index (χ4n) is 2.18. The van der Waals surface area contributed by atoms with Crippen LogP contribution in [-0.4, -0.2) is 31.6 Å². The Morgan fingerprint density at radius 3 is 2.83 bits per heavy atom. The van der Waals surface area contributed by atoms with E-state index in [2.05, 4.69) is 32.9 Å². The molecule has 2 N–H and O–H groups in total. The first-order valence-electron chi connectivity index (χ1n) is 7.76. The molecular formula is C17H24N4OS. The van der Waals surface area contributed by atoms with E-state index in [1.807, 2.05) is 24.3 Å². The first kappa shape index (κ1) is 17.3. The Bertz CT molecular complexity index is 639. The lowest BCUT2D eigenvalue weighted by Crippen LogP contribution is -2.37. The maximum absolute atomic E-state index is 5.36. The van der Waals surface area contributed by atoms with Crippen molar-refractivity contribution in [1.29, 1.82) is 0 Å². The molecule has 0 bridgehead atoms. The molecule has 1 aromatic heterocycles. The van der Waals surface area contributed by atoms with Crippen molar-refractivity contribution < 1.29 is 4.74 Å². The molecule has 23 heavy (non-hydrogen) atoms. The molecule has 2 aromatic rings. The molecule has 2 rings (SSSR count). The number of methoxy groups -OCH3 is 1. The van der Waals surface area contributed by atoms with Crippen molar-refractivity contribution in [1.82, 2.24) is 15.6 Å². The van der Waals surface area contributed by atoms with Gasteiger partial charge in [0.15, 0.2) is 5.96 Å². The van der Waals surface area contributed by atoms with Crippen molar-refractivity contribution in [3.63, 3.8) is 0 Å². The van der Waals surface area contributed by atoms with Gasteiger partial charge in [0, 0.05) is 37.5 Å². The topological polar surface area (TPSA) is 58.5 Å². The molecule has 0 unspecified atom stereocenters. The van der Waals surface area contributed by atoms with E-state index in [9.17, 15) is 0 Å². The number of para-hydroxylation sites is 1. The van der Waals surface area contributed by atoms with Crippen LogP contribution in [0.2, 0.25) is 0 Å². The van der Waals surface area contributed by atoms with Crippen LogP contribution in [0.4, 0.5) is 0 Å². The Hall–Kier alpha value is -2.08. The van der Waals surface area contributed by atoms with Gasteiger partial charge in [0.25, 0.3) is 0 Å². The number of hydrogen-bond acceptors (Lipinski definition) is 4. The highest BCUT2D eigenvalue weighted by Crippen LogP contribution is 2.16. The molecule has 0 spiro atoms. The second kappa shape index (κ2) is 9.15. The van der Waals surface area contributed by atoms with Gasteiger partial charge in [-0.15, -0.1) is 11.3 Å². The van der Waals surface area contributed by atoms with Gasteiger partial charge in [-0.05, 0) is 12.5 Å². The standard InChI is InChI=1S/C17H24N4OS/c1-4-16-21-14(12-23-16)9-10-19-17(18-2)20-11-13-7-5-6-8-15(13)22-3/h5-8,12H,4,9-11H2,1-3H3,(H2,18,19,20). The quantitative estimate of drug-likeness (QED) is 0.604. The number of ether oxygens (including phenoxy) is 1. The molecule has 6 heteroatoms. The highest BCUT2D eigenvalue weighted by Gasteiger charge is 2.04. The molecule has 0 fully saturated rings. The molecule has 5 nitrogen and oxygen atoms in total. The molecule has 0 atom stereocenters. The van der Waals surface area contributed by atoms with Crippen molar-refractivity contribution in [2.45, 2.75) is 26.3 Å². The average molecular weight is 332 g/mol. The lowest BCUT2D eigenvalue weighted by molar-refractivity contribution is 0.409. The summed E-state index contributed by atoms with van der Waals surface area (Å²) in [6.45, 7) is 3.60.